The molecule has 0 fully saturated rings. The molecule has 0 unspecified atom stereocenters. The van der Waals surface area contributed by atoms with E-state index < -0.39 is 18.1 Å². The van der Waals surface area contributed by atoms with E-state index in [2.05, 4.69) is 10.6 Å². The number of anilines is 1. The van der Waals surface area contributed by atoms with Crippen LogP contribution in [0.25, 0.3) is 0 Å². The quantitative estimate of drug-likeness (QED) is 0.185. The van der Waals surface area contributed by atoms with Crippen LogP contribution in [0.1, 0.15) is 29.7 Å². The molecule has 0 bridgehead atoms. The third kappa shape index (κ3) is 6.91. The molecular weight excluding hydrogens is 476 g/mol. The maximum atomic E-state index is 13.6. The lowest BCUT2D eigenvalue weighted by Gasteiger charge is -2.25. The van der Waals surface area contributed by atoms with E-state index in [1.807, 2.05) is 30.3 Å². The highest BCUT2D eigenvalue weighted by Crippen LogP contribution is 2.39. The van der Waals surface area contributed by atoms with Crippen molar-refractivity contribution in [2.45, 2.75) is 25.6 Å². The SMILES string of the molecule is COc1cc(O[C@H](C)C(=O)O)c([C@@H](Nc2ccc(C(=N)N)cc2)C(=O)NCc2ccccc2)cc1OC. The first-order valence-corrected chi connectivity index (χ1v) is 11.4. The van der Waals surface area contributed by atoms with Crippen molar-refractivity contribution in [3.05, 3.63) is 83.4 Å². The van der Waals surface area contributed by atoms with E-state index >= 15 is 0 Å². The molecule has 0 aliphatic rings. The minimum Gasteiger partial charge on any atom is -0.493 e. The minimum absolute atomic E-state index is 0.0815. The lowest BCUT2D eigenvalue weighted by atomic mass is 10.0. The van der Waals surface area contributed by atoms with Crippen LogP contribution in [-0.2, 0) is 16.1 Å². The van der Waals surface area contributed by atoms with Crippen molar-refractivity contribution in [1.29, 1.82) is 5.41 Å². The van der Waals surface area contributed by atoms with Crippen molar-refractivity contribution in [3.8, 4) is 17.2 Å². The highest BCUT2D eigenvalue weighted by molar-refractivity contribution is 5.95. The van der Waals surface area contributed by atoms with E-state index in [0.29, 0.717) is 28.3 Å². The number of nitrogen functional groups attached to an aromatic ring is 1. The van der Waals surface area contributed by atoms with E-state index in [1.54, 1.807) is 30.3 Å². The summed E-state index contributed by atoms with van der Waals surface area (Å²) < 4.78 is 16.5. The van der Waals surface area contributed by atoms with Crippen LogP contribution in [0.3, 0.4) is 0 Å². The summed E-state index contributed by atoms with van der Waals surface area (Å²) in [4.78, 5) is 25.1. The molecule has 3 aromatic carbocycles. The largest absolute Gasteiger partial charge is 0.493 e. The zero-order valence-electron chi connectivity index (χ0n) is 20.8. The zero-order chi connectivity index (χ0) is 26.9. The van der Waals surface area contributed by atoms with Gasteiger partial charge in [-0.3, -0.25) is 10.2 Å². The zero-order valence-corrected chi connectivity index (χ0v) is 20.8. The Kier molecular flexibility index (Phi) is 8.93. The summed E-state index contributed by atoms with van der Waals surface area (Å²) >= 11 is 0. The second-order valence-corrected chi connectivity index (χ2v) is 8.12. The smallest absolute Gasteiger partial charge is 0.344 e. The van der Waals surface area contributed by atoms with Gasteiger partial charge in [-0.2, -0.15) is 0 Å². The van der Waals surface area contributed by atoms with Crippen LogP contribution in [0.2, 0.25) is 0 Å². The third-order valence-corrected chi connectivity index (χ3v) is 5.56. The Bertz CT molecular complexity index is 1250. The molecule has 3 aromatic rings. The molecule has 0 aliphatic carbocycles. The summed E-state index contributed by atoms with van der Waals surface area (Å²) in [7, 11) is 2.90. The van der Waals surface area contributed by atoms with Crippen molar-refractivity contribution in [1.82, 2.24) is 5.32 Å². The number of aliphatic carboxylic acids is 1. The van der Waals surface area contributed by atoms with Crippen LogP contribution in [0.15, 0.2) is 66.7 Å². The summed E-state index contributed by atoms with van der Waals surface area (Å²) in [6, 6.07) is 18.2. The molecule has 3 rings (SSSR count). The van der Waals surface area contributed by atoms with Crippen LogP contribution >= 0.6 is 0 Å². The van der Waals surface area contributed by atoms with E-state index in [-0.39, 0.29) is 24.0 Å². The lowest BCUT2D eigenvalue weighted by molar-refractivity contribution is -0.144. The molecule has 0 spiro atoms. The topological polar surface area (TPSA) is 156 Å². The molecule has 0 saturated carbocycles. The molecule has 0 saturated heterocycles. The van der Waals surface area contributed by atoms with Crippen LogP contribution in [0.5, 0.6) is 17.2 Å². The molecule has 6 N–H and O–H groups in total. The monoisotopic (exact) mass is 506 g/mol. The fourth-order valence-corrected chi connectivity index (χ4v) is 3.53. The standard InChI is InChI=1S/C27H30N4O6/c1-16(27(33)34)37-21-14-23(36-3)22(35-2)13-20(21)24(26(32)30-15-17-7-5-4-6-8-17)31-19-11-9-18(10-12-19)25(28)29/h4-14,16,24,31H,15H2,1-3H3,(H3,28,29)(H,30,32)(H,33,34)/t16-,24-/m1/s1. The molecule has 0 aliphatic heterocycles. The van der Waals surface area contributed by atoms with Gasteiger partial charge in [0.25, 0.3) is 0 Å². The van der Waals surface area contributed by atoms with Gasteiger partial charge in [0.05, 0.1) is 14.2 Å². The number of methoxy groups -OCH3 is 2. The Hall–Kier alpha value is -4.73. The number of hydrogen-bond acceptors (Lipinski definition) is 7. The van der Waals surface area contributed by atoms with Crippen LogP contribution in [0.4, 0.5) is 5.69 Å². The normalized spacial score (nSPS) is 12.1. The van der Waals surface area contributed by atoms with Gasteiger partial charge in [0.1, 0.15) is 17.6 Å². The van der Waals surface area contributed by atoms with Crippen molar-refractivity contribution >= 4 is 23.4 Å². The number of carboxylic acids is 1. The first-order chi connectivity index (χ1) is 17.7. The van der Waals surface area contributed by atoms with Crippen LogP contribution in [-0.4, -0.2) is 43.1 Å². The average molecular weight is 507 g/mol. The third-order valence-electron chi connectivity index (χ3n) is 5.56. The first kappa shape index (κ1) is 26.9. The summed E-state index contributed by atoms with van der Waals surface area (Å²) in [5, 5.41) is 23.1. The van der Waals surface area contributed by atoms with Gasteiger partial charge in [0, 0.05) is 29.4 Å². The van der Waals surface area contributed by atoms with Crippen molar-refractivity contribution in [2.75, 3.05) is 19.5 Å². The predicted molar refractivity (Wildman–Crippen MR) is 139 cm³/mol. The van der Waals surface area contributed by atoms with Gasteiger partial charge in [-0.1, -0.05) is 30.3 Å². The second kappa shape index (κ2) is 12.3. The number of amides is 1. The Morgan fingerprint density at radius 3 is 2.16 bits per heavy atom. The maximum Gasteiger partial charge on any atom is 0.344 e. The first-order valence-electron chi connectivity index (χ1n) is 11.4. The van der Waals surface area contributed by atoms with Crippen LogP contribution < -0.4 is 30.6 Å². The molecule has 0 radical (unpaired) electrons. The fraction of sp³-hybridized carbons (Fsp3) is 0.222. The number of nitrogens with two attached hydrogens (primary N) is 1. The van der Waals surface area contributed by atoms with Gasteiger partial charge in [-0.25, -0.2) is 4.79 Å². The van der Waals surface area contributed by atoms with Gasteiger partial charge in [-0.05, 0) is 42.8 Å². The number of nitrogens with one attached hydrogen (secondary N) is 3. The molecule has 10 nitrogen and oxygen atoms in total. The van der Waals surface area contributed by atoms with E-state index in [9.17, 15) is 14.7 Å². The number of carboxylic acid groups (broad SMARTS) is 1. The Morgan fingerprint density at radius 1 is 0.973 bits per heavy atom. The van der Waals surface area contributed by atoms with Crippen molar-refractivity contribution in [3.63, 3.8) is 0 Å². The van der Waals surface area contributed by atoms with E-state index in [0.717, 1.165) is 5.56 Å². The lowest BCUT2D eigenvalue weighted by Crippen LogP contribution is -2.34. The summed E-state index contributed by atoms with van der Waals surface area (Å²) in [6.07, 6.45) is -1.19. The highest BCUT2D eigenvalue weighted by atomic mass is 16.5. The van der Waals surface area contributed by atoms with Gasteiger partial charge >= 0.3 is 5.97 Å². The molecule has 194 valence electrons. The molecular formula is C27H30N4O6. The number of amidine groups is 1. The maximum absolute atomic E-state index is 13.6. The molecule has 37 heavy (non-hydrogen) atoms. The number of carbonyl (C=O) groups is 2. The summed E-state index contributed by atoms with van der Waals surface area (Å²) in [5.74, 6) is -0.851. The van der Waals surface area contributed by atoms with E-state index in [1.165, 1.54) is 27.2 Å². The number of hydrogen-bond donors (Lipinski definition) is 5. The van der Waals surface area contributed by atoms with Crippen molar-refractivity contribution in [2.24, 2.45) is 5.73 Å². The molecule has 2 atom stereocenters. The Labute approximate surface area is 214 Å². The van der Waals surface area contributed by atoms with Gasteiger partial charge in [-0.15, -0.1) is 0 Å². The summed E-state index contributed by atoms with van der Waals surface area (Å²) in [6.45, 7) is 1.66. The van der Waals surface area contributed by atoms with Crippen molar-refractivity contribution < 1.29 is 28.9 Å². The molecule has 0 aromatic heterocycles. The second-order valence-electron chi connectivity index (χ2n) is 8.12. The van der Waals surface area contributed by atoms with Gasteiger partial charge in [0.15, 0.2) is 17.6 Å². The Morgan fingerprint density at radius 2 is 1.59 bits per heavy atom. The molecule has 10 heteroatoms. The number of rotatable bonds is 12. The Balaban J connectivity index is 2.05. The fourth-order valence-electron chi connectivity index (χ4n) is 3.53. The number of benzene rings is 3. The van der Waals surface area contributed by atoms with Gasteiger partial charge in [0.2, 0.25) is 5.91 Å². The number of carbonyl (C=O) groups excluding carboxylic acids is 1. The predicted octanol–water partition coefficient (Wildman–Crippen LogP) is 3.31. The highest BCUT2D eigenvalue weighted by Gasteiger charge is 2.28. The average Bonchev–Trinajstić information content (AvgIpc) is 2.91. The van der Waals surface area contributed by atoms with E-state index in [4.69, 9.17) is 25.4 Å². The minimum atomic E-state index is -1.19. The van der Waals surface area contributed by atoms with Gasteiger partial charge < -0.3 is 35.7 Å². The summed E-state index contributed by atoms with van der Waals surface area (Å²) in [5.41, 5.74) is 7.90. The van der Waals surface area contributed by atoms with Crippen LogP contribution in [0, 0.1) is 5.41 Å². The molecule has 0 heterocycles. The molecule has 1 amide bonds. The number of ether oxygens (including phenoxy) is 3.